The molecule has 0 aliphatic heterocycles. The van der Waals surface area contributed by atoms with Crippen LogP contribution in [0.5, 0.6) is 0 Å². The lowest BCUT2D eigenvalue weighted by Gasteiger charge is -2.06. The molecule has 2 aromatic carbocycles. The van der Waals surface area contributed by atoms with Crippen molar-refractivity contribution in [2.75, 3.05) is 5.32 Å². The van der Waals surface area contributed by atoms with E-state index >= 15 is 0 Å². The summed E-state index contributed by atoms with van der Waals surface area (Å²) >= 11 is 2.21. The van der Waals surface area contributed by atoms with Gasteiger partial charge in [-0.2, -0.15) is 0 Å². The minimum absolute atomic E-state index is 0.0395. The van der Waals surface area contributed by atoms with Crippen LogP contribution in [-0.2, 0) is 11.2 Å². The van der Waals surface area contributed by atoms with Crippen molar-refractivity contribution in [2.45, 2.75) is 13.3 Å². The van der Waals surface area contributed by atoms with Gasteiger partial charge in [0.05, 0.1) is 18.4 Å². The lowest BCUT2D eigenvalue weighted by atomic mass is 10.1. The molecular formula is C17H14INO2. The maximum atomic E-state index is 12.2. The minimum Gasteiger partial charge on any atom is -0.464 e. The highest BCUT2D eigenvalue weighted by Gasteiger charge is 2.11. The van der Waals surface area contributed by atoms with Gasteiger partial charge in [0, 0.05) is 14.5 Å². The molecule has 0 radical (unpaired) electrons. The summed E-state index contributed by atoms with van der Waals surface area (Å²) < 4.78 is 6.55. The maximum absolute atomic E-state index is 12.2. The fourth-order valence-corrected chi connectivity index (χ4v) is 2.78. The van der Waals surface area contributed by atoms with E-state index in [9.17, 15) is 4.79 Å². The van der Waals surface area contributed by atoms with Gasteiger partial charge in [0.15, 0.2) is 0 Å². The molecule has 21 heavy (non-hydrogen) atoms. The number of benzene rings is 2. The summed E-state index contributed by atoms with van der Waals surface area (Å²) in [6, 6.07) is 13.7. The van der Waals surface area contributed by atoms with Crippen LogP contribution in [0.25, 0.3) is 11.0 Å². The summed E-state index contributed by atoms with van der Waals surface area (Å²) in [6.45, 7) is 2.02. The number of nitrogens with one attached hydrogen (secondary N) is 1. The summed E-state index contributed by atoms with van der Waals surface area (Å²) in [5, 5.41) is 3.94. The molecule has 1 heterocycles. The number of furan rings is 1. The van der Waals surface area contributed by atoms with E-state index in [0.29, 0.717) is 6.42 Å². The number of fused-ring (bicyclic) bond motifs is 1. The van der Waals surface area contributed by atoms with E-state index in [-0.39, 0.29) is 5.91 Å². The number of para-hydroxylation sites is 1. The second-order valence-electron chi connectivity index (χ2n) is 4.97. The number of hydrogen-bond donors (Lipinski definition) is 1. The molecule has 0 aliphatic rings. The minimum atomic E-state index is -0.0395. The quantitative estimate of drug-likeness (QED) is 0.667. The first-order chi connectivity index (χ1) is 10.1. The molecule has 0 saturated carbocycles. The van der Waals surface area contributed by atoms with Crippen LogP contribution in [0.3, 0.4) is 0 Å². The van der Waals surface area contributed by atoms with Crippen molar-refractivity contribution in [3.05, 3.63) is 63.4 Å². The summed E-state index contributed by atoms with van der Waals surface area (Å²) in [5.74, 6) is -0.0395. The standard InChI is InChI=1S/C17H14INO2/c1-11-6-7-13-12(10-21-16(13)8-11)9-17(20)19-15-5-3-2-4-14(15)18/h2-8,10H,9H2,1H3,(H,19,20). The Morgan fingerprint density at radius 3 is 2.86 bits per heavy atom. The fourth-order valence-electron chi connectivity index (χ4n) is 2.26. The SMILES string of the molecule is Cc1ccc2c(CC(=O)Nc3ccccc3I)coc2c1. The Balaban J connectivity index is 1.79. The Morgan fingerprint density at radius 1 is 1.24 bits per heavy atom. The number of halogens is 1. The van der Waals surface area contributed by atoms with Gasteiger partial charge in [0.25, 0.3) is 0 Å². The Kier molecular flexibility index (Phi) is 3.96. The predicted molar refractivity (Wildman–Crippen MR) is 92.4 cm³/mol. The predicted octanol–water partition coefficient (Wildman–Crippen LogP) is 4.53. The Bertz CT molecular complexity index is 807. The molecule has 4 heteroatoms. The molecule has 0 bridgehead atoms. The largest absolute Gasteiger partial charge is 0.464 e. The number of rotatable bonds is 3. The molecule has 1 amide bonds. The van der Waals surface area contributed by atoms with Gasteiger partial charge in [-0.3, -0.25) is 4.79 Å². The molecule has 3 aromatic rings. The van der Waals surface area contributed by atoms with E-state index in [4.69, 9.17) is 4.42 Å². The summed E-state index contributed by atoms with van der Waals surface area (Å²) in [5.41, 5.74) is 3.72. The van der Waals surface area contributed by atoms with Crippen LogP contribution in [0, 0.1) is 10.5 Å². The van der Waals surface area contributed by atoms with Gasteiger partial charge in [0.2, 0.25) is 5.91 Å². The van der Waals surface area contributed by atoms with Gasteiger partial charge < -0.3 is 9.73 Å². The zero-order valence-corrected chi connectivity index (χ0v) is 13.7. The first kappa shape index (κ1) is 14.1. The van der Waals surface area contributed by atoms with Gasteiger partial charge in [-0.1, -0.05) is 24.3 Å². The number of hydrogen-bond acceptors (Lipinski definition) is 2. The average molecular weight is 391 g/mol. The molecule has 0 atom stereocenters. The van der Waals surface area contributed by atoms with Gasteiger partial charge in [-0.25, -0.2) is 0 Å². The summed E-state index contributed by atoms with van der Waals surface area (Å²) in [6.07, 6.45) is 1.97. The maximum Gasteiger partial charge on any atom is 0.228 e. The second kappa shape index (κ2) is 5.89. The fraction of sp³-hybridized carbons (Fsp3) is 0.118. The van der Waals surface area contributed by atoms with Gasteiger partial charge in [-0.15, -0.1) is 0 Å². The zero-order chi connectivity index (χ0) is 14.8. The van der Waals surface area contributed by atoms with Crippen molar-refractivity contribution in [2.24, 2.45) is 0 Å². The number of carbonyl (C=O) groups is 1. The Morgan fingerprint density at radius 2 is 2.05 bits per heavy atom. The third kappa shape index (κ3) is 3.10. The monoisotopic (exact) mass is 391 g/mol. The number of aryl methyl sites for hydroxylation is 1. The highest BCUT2D eigenvalue weighted by molar-refractivity contribution is 14.1. The molecule has 106 valence electrons. The third-order valence-corrected chi connectivity index (χ3v) is 4.25. The molecule has 1 aromatic heterocycles. The van der Waals surface area contributed by atoms with Crippen LogP contribution >= 0.6 is 22.6 Å². The molecular weight excluding hydrogens is 377 g/mol. The van der Waals surface area contributed by atoms with Crippen molar-refractivity contribution in [1.29, 1.82) is 0 Å². The highest BCUT2D eigenvalue weighted by Crippen LogP contribution is 2.23. The molecule has 3 rings (SSSR count). The van der Waals surface area contributed by atoms with Crippen LogP contribution in [0.4, 0.5) is 5.69 Å². The Hall–Kier alpha value is -1.82. The van der Waals surface area contributed by atoms with E-state index in [1.807, 2.05) is 49.4 Å². The summed E-state index contributed by atoms with van der Waals surface area (Å²) in [4.78, 5) is 12.2. The van der Waals surface area contributed by atoms with Crippen molar-refractivity contribution < 1.29 is 9.21 Å². The Labute approximate surface area is 136 Å². The van der Waals surface area contributed by atoms with E-state index < -0.39 is 0 Å². The third-order valence-electron chi connectivity index (χ3n) is 3.31. The highest BCUT2D eigenvalue weighted by atomic mass is 127. The average Bonchev–Trinajstić information content (AvgIpc) is 2.83. The van der Waals surface area contributed by atoms with Crippen LogP contribution in [0.2, 0.25) is 0 Å². The number of carbonyl (C=O) groups excluding carboxylic acids is 1. The lowest BCUT2D eigenvalue weighted by Crippen LogP contribution is -2.14. The van der Waals surface area contributed by atoms with Gasteiger partial charge >= 0.3 is 0 Å². The smallest absolute Gasteiger partial charge is 0.228 e. The molecule has 1 N–H and O–H groups in total. The topological polar surface area (TPSA) is 42.2 Å². The van der Waals surface area contributed by atoms with Crippen LogP contribution in [0.1, 0.15) is 11.1 Å². The molecule has 0 saturated heterocycles. The molecule has 0 aliphatic carbocycles. The van der Waals surface area contributed by atoms with Crippen molar-refractivity contribution in [3.63, 3.8) is 0 Å². The van der Waals surface area contributed by atoms with Crippen LogP contribution < -0.4 is 5.32 Å². The molecule has 0 unspecified atom stereocenters. The van der Waals surface area contributed by atoms with Crippen LogP contribution in [0.15, 0.2) is 53.1 Å². The van der Waals surface area contributed by atoms with E-state index in [1.165, 1.54) is 0 Å². The second-order valence-corrected chi connectivity index (χ2v) is 6.13. The molecule has 0 spiro atoms. The van der Waals surface area contributed by atoms with Crippen molar-refractivity contribution in [3.8, 4) is 0 Å². The first-order valence-electron chi connectivity index (χ1n) is 6.64. The van der Waals surface area contributed by atoms with E-state index in [0.717, 1.165) is 31.4 Å². The van der Waals surface area contributed by atoms with Gasteiger partial charge in [0.1, 0.15) is 5.58 Å². The van der Waals surface area contributed by atoms with Crippen LogP contribution in [-0.4, -0.2) is 5.91 Å². The lowest BCUT2D eigenvalue weighted by molar-refractivity contribution is -0.115. The first-order valence-corrected chi connectivity index (χ1v) is 7.72. The number of anilines is 1. The van der Waals surface area contributed by atoms with E-state index in [2.05, 4.69) is 27.9 Å². The summed E-state index contributed by atoms with van der Waals surface area (Å²) in [7, 11) is 0. The van der Waals surface area contributed by atoms with Crippen molar-refractivity contribution in [1.82, 2.24) is 0 Å². The van der Waals surface area contributed by atoms with Crippen molar-refractivity contribution >= 4 is 45.2 Å². The number of amides is 1. The molecule has 0 fully saturated rings. The molecule has 3 nitrogen and oxygen atoms in total. The zero-order valence-electron chi connectivity index (χ0n) is 11.5. The normalized spacial score (nSPS) is 10.8. The van der Waals surface area contributed by atoms with E-state index in [1.54, 1.807) is 6.26 Å². The van der Waals surface area contributed by atoms with Gasteiger partial charge in [-0.05, 0) is 53.3 Å².